The number of ether oxygens (including phenoxy) is 1. The molecule has 0 bridgehead atoms. The number of methoxy groups -OCH3 is 1. The lowest BCUT2D eigenvalue weighted by Crippen LogP contribution is -2.37. The summed E-state index contributed by atoms with van der Waals surface area (Å²) in [5.41, 5.74) is 0.972. The first-order valence-corrected chi connectivity index (χ1v) is 8.56. The third kappa shape index (κ3) is 5.26. The van der Waals surface area contributed by atoms with Gasteiger partial charge in [-0.25, -0.2) is 4.79 Å². The van der Waals surface area contributed by atoms with Crippen molar-refractivity contribution in [2.45, 2.75) is 6.42 Å². The van der Waals surface area contributed by atoms with Gasteiger partial charge in [0.05, 0.1) is 18.4 Å². The van der Waals surface area contributed by atoms with Crippen LogP contribution in [-0.4, -0.2) is 52.4 Å². The fourth-order valence-electron chi connectivity index (χ4n) is 1.97. The number of hydrogen-bond acceptors (Lipinski definition) is 7. The Hall–Kier alpha value is -2.46. The van der Waals surface area contributed by atoms with Gasteiger partial charge in [0.2, 0.25) is 11.8 Å². The molecule has 1 fully saturated rings. The Morgan fingerprint density at radius 2 is 1.96 bits per heavy atom. The van der Waals surface area contributed by atoms with Crippen molar-refractivity contribution in [1.29, 1.82) is 0 Å². The van der Waals surface area contributed by atoms with Gasteiger partial charge in [0, 0.05) is 18.7 Å². The third-order valence-corrected chi connectivity index (χ3v) is 4.28. The summed E-state index contributed by atoms with van der Waals surface area (Å²) in [5.74, 6) is -1.05. The van der Waals surface area contributed by atoms with Crippen molar-refractivity contribution in [1.82, 2.24) is 10.2 Å². The van der Waals surface area contributed by atoms with Crippen LogP contribution in [0.2, 0.25) is 0 Å². The van der Waals surface area contributed by atoms with E-state index < -0.39 is 11.9 Å². The molecule has 0 aromatic heterocycles. The van der Waals surface area contributed by atoms with Crippen LogP contribution in [0.1, 0.15) is 16.8 Å². The van der Waals surface area contributed by atoms with E-state index in [0.29, 0.717) is 11.3 Å². The van der Waals surface area contributed by atoms with Crippen LogP contribution in [0.5, 0.6) is 0 Å². The molecular formula is C15H15N3O5S2. The van der Waals surface area contributed by atoms with Crippen molar-refractivity contribution in [2.24, 2.45) is 0 Å². The average molecular weight is 381 g/mol. The molecule has 0 saturated carbocycles. The molecule has 8 nitrogen and oxygen atoms in total. The number of esters is 1. The molecule has 3 amide bonds. The van der Waals surface area contributed by atoms with Crippen molar-refractivity contribution in [3.05, 3.63) is 29.8 Å². The van der Waals surface area contributed by atoms with Gasteiger partial charge in [-0.2, -0.15) is 0 Å². The minimum atomic E-state index is -0.452. The van der Waals surface area contributed by atoms with Crippen LogP contribution < -0.4 is 10.6 Å². The molecule has 0 spiro atoms. The van der Waals surface area contributed by atoms with Crippen molar-refractivity contribution < 1.29 is 23.9 Å². The molecule has 0 aliphatic carbocycles. The summed E-state index contributed by atoms with van der Waals surface area (Å²) in [7, 11) is 1.29. The van der Waals surface area contributed by atoms with Gasteiger partial charge in [0.15, 0.2) is 5.11 Å². The van der Waals surface area contributed by atoms with Crippen LogP contribution in [0.3, 0.4) is 0 Å². The largest absolute Gasteiger partial charge is 0.465 e. The summed E-state index contributed by atoms with van der Waals surface area (Å²) in [6.07, 6.45) is -0.0405. The Balaban J connectivity index is 1.79. The van der Waals surface area contributed by atoms with Gasteiger partial charge >= 0.3 is 5.97 Å². The van der Waals surface area contributed by atoms with E-state index in [2.05, 4.69) is 15.4 Å². The highest BCUT2D eigenvalue weighted by Crippen LogP contribution is 2.18. The molecule has 2 N–H and O–H groups in total. The maximum Gasteiger partial charge on any atom is 0.337 e. The third-order valence-electron chi connectivity index (χ3n) is 3.22. The highest BCUT2D eigenvalue weighted by molar-refractivity contribution is 8.14. The second kappa shape index (κ2) is 8.58. The summed E-state index contributed by atoms with van der Waals surface area (Å²) in [5, 5.41) is 4.99. The topological polar surface area (TPSA) is 105 Å². The second-order valence-electron chi connectivity index (χ2n) is 4.92. The number of hydrogen-bond donors (Lipinski definition) is 2. The molecule has 132 valence electrons. The van der Waals surface area contributed by atoms with Crippen LogP contribution in [0.4, 0.5) is 10.5 Å². The summed E-state index contributed by atoms with van der Waals surface area (Å²) in [4.78, 5) is 47.1. The highest BCUT2D eigenvalue weighted by Gasteiger charge is 2.29. The number of rotatable bonds is 5. The van der Waals surface area contributed by atoms with Crippen LogP contribution in [0.15, 0.2) is 24.3 Å². The number of nitrogens with zero attached hydrogens (tertiary/aromatic N) is 1. The van der Waals surface area contributed by atoms with Crippen LogP contribution in [-0.2, 0) is 14.3 Å². The quantitative estimate of drug-likeness (QED) is 0.582. The average Bonchev–Trinajstić information content (AvgIpc) is 2.91. The maximum atomic E-state index is 11.8. The first kappa shape index (κ1) is 18.9. The maximum absolute atomic E-state index is 11.8. The molecule has 0 atom stereocenters. The van der Waals surface area contributed by atoms with Crippen molar-refractivity contribution in [3.63, 3.8) is 0 Å². The van der Waals surface area contributed by atoms with E-state index in [-0.39, 0.29) is 35.0 Å². The van der Waals surface area contributed by atoms with Crippen molar-refractivity contribution in [2.75, 3.05) is 24.7 Å². The minimum Gasteiger partial charge on any atom is -0.465 e. The van der Waals surface area contributed by atoms with Gasteiger partial charge < -0.3 is 15.4 Å². The van der Waals surface area contributed by atoms with Gasteiger partial charge in [-0.15, -0.1) is 0 Å². The lowest BCUT2D eigenvalue weighted by molar-refractivity contribution is -0.125. The van der Waals surface area contributed by atoms with Gasteiger partial charge in [-0.1, -0.05) is 11.8 Å². The molecule has 25 heavy (non-hydrogen) atoms. The van der Waals surface area contributed by atoms with E-state index >= 15 is 0 Å². The zero-order chi connectivity index (χ0) is 18.4. The first-order chi connectivity index (χ1) is 11.9. The Kier molecular flexibility index (Phi) is 6.48. The summed E-state index contributed by atoms with van der Waals surface area (Å²) < 4.78 is 4.60. The lowest BCUT2D eigenvalue weighted by atomic mass is 10.2. The Morgan fingerprint density at radius 3 is 2.52 bits per heavy atom. The monoisotopic (exact) mass is 381 g/mol. The van der Waals surface area contributed by atoms with Crippen molar-refractivity contribution in [3.8, 4) is 0 Å². The van der Waals surface area contributed by atoms with Crippen LogP contribution in [0.25, 0.3) is 0 Å². The molecule has 10 heteroatoms. The Bertz CT molecular complexity index is 704. The van der Waals surface area contributed by atoms with E-state index in [1.165, 1.54) is 7.11 Å². The number of thioether (sulfide) groups is 1. The van der Waals surface area contributed by atoms with Crippen LogP contribution in [0, 0.1) is 0 Å². The summed E-state index contributed by atoms with van der Waals surface area (Å²) in [6.45, 7) is 0.0208. The van der Waals surface area contributed by atoms with E-state index in [0.717, 1.165) is 16.7 Å². The van der Waals surface area contributed by atoms with Gasteiger partial charge in [0.25, 0.3) is 5.24 Å². The van der Waals surface area contributed by atoms with E-state index in [1.54, 1.807) is 24.3 Å². The molecular weight excluding hydrogens is 366 g/mol. The fraction of sp³-hybridized carbons (Fsp3) is 0.267. The molecule has 0 unspecified atom stereocenters. The number of imide groups is 1. The normalized spacial score (nSPS) is 13.6. The predicted molar refractivity (Wildman–Crippen MR) is 96.3 cm³/mol. The SMILES string of the molecule is COC(=O)c1ccc(NC(=S)NC(=O)CCN2C(=O)CSC2=O)cc1. The molecule has 1 aliphatic rings. The van der Waals surface area contributed by atoms with Gasteiger partial charge in [-0.05, 0) is 36.5 Å². The fourth-order valence-corrected chi connectivity index (χ4v) is 2.95. The Labute approximate surface area is 153 Å². The second-order valence-corrected chi connectivity index (χ2v) is 6.26. The summed E-state index contributed by atoms with van der Waals surface area (Å²) in [6, 6.07) is 6.34. The molecule has 1 aromatic carbocycles. The van der Waals surface area contributed by atoms with Gasteiger partial charge in [-0.3, -0.25) is 19.3 Å². The molecule has 1 aliphatic heterocycles. The van der Waals surface area contributed by atoms with E-state index in [4.69, 9.17) is 12.2 Å². The summed E-state index contributed by atoms with van der Waals surface area (Å²) >= 11 is 5.95. The number of carbonyl (C=O) groups excluding carboxylic acids is 4. The Morgan fingerprint density at radius 1 is 1.28 bits per heavy atom. The molecule has 1 heterocycles. The molecule has 1 aromatic rings. The number of benzene rings is 1. The van der Waals surface area contributed by atoms with E-state index in [1.807, 2.05) is 0 Å². The molecule has 0 radical (unpaired) electrons. The predicted octanol–water partition coefficient (Wildman–Crippen LogP) is 1.37. The van der Waals surface area contributed by atoms with Crippen molar-refractivity contribution >= 4 is 57.8 Å². The number of carbonyl (C=O) groups is 4. The number of anilines is 1. The zero-order valence-corrected chi connectivity index (χ0v) is 14.9. The molecule has 2 rings (SSSR count). The number of nitrogens with one attached hydrogen (secondary N) is 2. The minimum absolute atomic E-state index is 0.0208. The number of amides is 3. The number of thiocarbonyl (C=S) groups is 1. The standard InChI is InChI=1S/C15H15N3O5S2/c1-23-13(21)9-2-4-10(5-3-9)16-14(24)17-11(19)6-7-18-12(20)8-25-15(18)22/h2-5H,6-8H2,1H3,(H2,16,17,19,24). The smallest absolute Gasteiger partial charge is 0.337 e. The molecule has 1 saturated heterocycles. The lowest BCUT2D eigenvalue weighted by Gasteiger charge is -2.13. The van der Waals surface area contributed by atoms with E-state index in [9.17, 15) is 19.2 Å². The first-order valence-electron chi connectivity index (χ1n) is 7.17. The van der Waals surface area contributed by atoms with Gasteiger partial charge in [0.1, 0.15) is 0 Å². The van der Waals surface area contributed by atoms with Crippen LogP contribution >= 0.6 is 24.0 Å². The highest BCUT2D eigenvalue weighted by atomic mass is 32.2. The zero-order valence-electron chi connectivity index (χ0n) is 13.2.